The van der Waals surface area contributed by atoms with Gasteiger partial charge < -0.3 is 9.80 Å². The van der Waals surface area contributed by atoms with Crippen molar-refractivity contribution in [3.05, 3.63) is 101 Å². The van der Waals surface area contributed by atoms with Crippen molar-refractivity contribution >= 4 is 0 Å². The molecule has 3 rings (SSSR count). The Bertz CT molecular complexity index is 929. The van der Waals surface area contributed by atoms with E-state index in [0.29, 0.717) is 0 Å². The highest BCUT2D eigenvalue weighted by molar-refractivity contribution is 5.17. The van der Waals surface area contributed by atoms with E-state index in [1.165, 1.54) is 16.7 Å². The minimum Gasteiger partial charge on any atom is -0.371 e. The molecule has 0 spiro atoms. The van der Waals surface area contributed by atoms with Crippen molar-refractivity contribution in [1.82, 2.24) is 24.8 Å². The number of aryl methyl sites for hydroxylation is 3. The topological polar surface area (TPSA) is 45.2 Å². The van der Waals surface area contributed by atoms with Gasteiger partial charge in [-0.05, 0) is 61.1 Å². The highest BCUT2D eigenvalue weighted by atomic mass is 15.2. The van der Waals surface area contributed by atoms with Gasteiger partial charge in [-0.3, -0.25) is 15.0 Å². The Hall–Kier alpha value is -3.21. The van der Waals surface area contributed by atoms with E-state index in [-0.39, 0.29) is 0 Å². The lowest BCUT2D eigenvalue weighted by atomic mass is 10.2. The molecule has 3 heterocycles. The summed E-state index contributed by atoms with van der Waals surface area (Å²) in [5, 5.41) is 0. The van der Waals surface area contributed by atoms with E-state index >= 15 is 0 Å². The van der Waals surface area contributed by atoms with Crippen molar-refractivity contribution in [3.8, 4) is 0 Å². The van der Waals surface area contributed by atoms with Gasteiger partial charge in [0.1, 0.15) is 0 Å². The van der Waals surface area contributed by atoms with Crippen molar-refractivity contribution in [2.24, 2.45) is 0 Å². The standard InChI is InChI=1S/C28H37N5/c1-5-23-9-12-26(29-17-23)20-32(8-4)15-16-33(21-27-13-10-24(6-2)18-30-27)22-28-14-11-25(7-3)19-31-28/h9-19H,5-8,20-22H2,1-4H3/b16-15+. The fourth-order valence-corrected chi connectivity index (χ4v) is 3.52. The molecule has 0 aliphatic heterocycles. The van der Waals surface area contributed by atoms with Crippen LogP contribution in [0.2, 0.25) is 0 Å². The summed E-state index contributed by atoms with van der Waals surface area (Å²) in [6.45, 7) is 11.8. The summed E-state index contributed by atoms with van der Waals surface area (Å²) in [7, 11) is 0. The quantitative estimate of drug-likeness (QED) is 0.367. The second-order valence-electron chi connectivity index (χ2n) is 8.30. The van der Waals surface area contributed by atoms with Crippen molar-refractivity contribution in [2.45, 2.75) is 66.6 Å². The summed E-state index contributed by atoms with van der Waals surface area (Å²) in [6.07, 6.45) is 13.3. The monoisotopic (exact) mass is 443 g/mol. The summed E-state index contributed by atoms with van der Waals surface area (Å²) in [5.74, 6) is 0. The van der Waals surface area contributed by atoms with Crippen molar-refractivity contribution < 1.29 is 0 Å². The van der Waals surface area contributed by atoms with Crippen molar-refractivity contribution in [3.63, 3.8) is 0 Å². The lowest BCUT2D eigenvalue weighted by molar-refractivity contribution is 0.328. The molecule has 0 aliphatic carbocycles. The minimum absolute atomic E-state index is 0.735. The molecular weight excluding hydrogens is 406 g/mol. The van der Waals surface area contributed by atoms with Gasteiger partial charge in [-0.15, -0.1) is 0 Å². The van der Waals surface area contributed by atoms with Gasteiger partial charge in [-0.2, -0.15) is 0 Å². The first kappa shape index (κ1) is 24.4. The Morgan fingerprint density at radius 3 is 1.21 bits per heavy atom. The van der Waals surface area contributed by atoms with Gasteiger partial charge in [0, 0.05) is 37.5 Å². The lowest BCUT2D eigenvalue weighted by Gasteiger charge is -2.23. The summed E-state index contributed by atoms with van der Waals surface area (Å²) in [5.41, 5.74) is 6.99. The molecule has 0 bridgehead atoms. The number of hydrogen-bond acceptors (Lipinski definition) is 5. The molecule has 0 unspecified atom stereocenters. The lowest BCUT2D eigenvalue weighted by Crippen LogP contribution is -2.22. The van der Waals surface area contributed by atoms with Crippen LogP contribution in [0.1, 0.15) is 61.5 Å². The van der Waals surface area contributed by atoms with Crippen molar-refractivity contribution in [2.75, 3.05) is 6.54 Å². The largest absolute Gasteiger partial charge is 0.371 e. The Morgan fingerprint density at radius 1 is 0.545 bits per heavy atom. The first-order valence-electron chi connectivity index (χ1n) is 12.1. The van der Waals surface area contributed by atoms with Crippen molar-refractivity contribution in [1.29, 1.82) is 0 Å². The van der Waals surface area contributed by atoms with Gasteiger partial charge in [0.2, 0.25) is 0 Å². The average Bonchev–Trinajstić information content (AvgIpc) is 2.87. The van der Waals surface area contributed by atoms with Crippen LogP contribution in [-0.4, -0.2) is 31.3 Å². The molecule has 0 radical (unpaired) electrons. The average molecular weight is 444 g/mol. The van der Waals surface area contributed by atoms with Crippen LogP contribution < -0.4 is 0 Å². The summed E-state index contributed by atoms with van der Waals surface area (Å²) >= 11 is 0. The van der Waals surface area contributed by atoms with Crippen LogP contribution in [-0.2, 0) is 38.9 Å². The Labute approximate surface area is 199 Å². The molecule has 174 valence electrons. The fourth-order valence-electron chi connectivity index (χ4n) is 3.52. The summed E-state index contributed by atoms with van der Waals surface area (Å²) in [4.78, 5) is 18.5. The van der Waals surface area contributed by atoms with E-state index in [4.69, 9.17) is 0 Å². The molecule has 0 aromatic carbocycles. The number of aromatic nitrogens is 3. The smallest absolute Gasteiger partial charge is 0.0601 e. The highest BCUT2D eigenvalue weighted by Crippen LogP contribution is 2.12. The predicted molar refractivity (Wildman–Crippen MR) is 135 cm³/mol. The van der Waals surface area contributed by atoms with E-state index in [2.05, 4.69) is 101 Å². The van der Waals surface area contributed by atoms with E-state index in [1.54, 1.807) is 0 Å². The van der Waals surface area contributed by atoms with Crippen LogP contribution >= 0.6 is 0 Å². The van der Waals surface area contributed by atoms with Gasteiger partial charge in [0.15, 0.2) is 0 Å². The zero-order chi connectivity index (χ0) is 23.5. The molecule has 5 nitrogen and oxygen atoms in total. The maximum atomic E-state index is 4.67. The normalized spacial score (nSPS) is 11.2. The summed E-state index contributed by atoms with van der Waals surface area (Å²) in [6, 6.07) is 12.9. The fraction of sp³-hybridized carbons (Fsp3) is 0.393. The van der Waals surface area contributed by atoms with Crippen LogP contribution in [0.5, 0.6) is 0 Å². The molecule has 0 amide bonds. The minimum atomic E-state index is 0.735. The maximum Gasteiger partial charge on any atom is 0.0601 e. The number of pyridine rings is 3. The SMILES string of the molecule is CCc1ccc(CN(/C=C/N(Cc2ccc(CC)cn2)Cc2ccc(CC)cn2)CC)nc1. The number of hydrogen-bond donors (Lipinski definition) is 0. The third kappa shape index (κ3) is 7.70. The first-order chi connectivity index (χ1) is 16.1. The maximum absolute atomic E-state index is 4.67. The van der Waals surface area contributed by atoms with E-state index in [0.717, 1.165) is 62.5 Å². The molecule has 3 aromatic rings. The van der Waals surface area contributed by atoms with E-state index in [9.17, 15) is 0 Å². The molecule has 3 aromatic heterocycles. The van der Waals surface area contributed by atoms with Crippen LogP contribution in [0.15, 0.2) is 67.4 Å². The van der Waals surface area contributed by atoms with Gasteiger partial charge in [0.25, 0.3) is 0 Å². The van der Waals surface area contributed by atoms with Crippen LogP contribution in [0.25, 0.3) is 0 Å². The molecule has 0 N–H and O–H groups in total. The molecule has 0 fully saturated rings. The Balaban J connectivity index is 1.73. The zero-order valence-corrected chi connectivity index (χ0v) is 20.5. The molecule has 33 heavy (non-hydrogen) atoms. The van der Waals surface area contributed by atoms with Crippen LogP contribution in [0, 0.1) is 0 Å². The second-order valence-corrected chi connectivity index (χ2v) is 8.30. The van der Waals surface area contributed by atoms with E-state index < -0.39 is 0 Å². The Morgan fingerprint density at radius 2 is 0.909 bits per heavy atom. The first-order valence-corrected chi connectivity index (χ1v) is 12.1. The number of rotatable bonds is 12. The van der Waals surface area contributed by atoms with Gasteiger partial charge in [-0.1, -0.05) is 39.0 Å². The predicted octanol–water partition coefficient (Wildman–Crippen LogP) is 5.55. The highest BCUT2D eigenvalue weighted by Gasteiger charge is 2.07. The Kier molecular flexibility index (Phi) is 9.43. The van der Waals surface area contributed by atoms with E-state index in [1.807, 2.05) is 18.6 Å². The third-order valence-corrected chi connectivity index (χ3v) is 5.87. The second kappa shape index (κ2) is 12.7. The van der Waals surface area contributed by atoms with Crippen LogP contribution in [0.4, 0.5) is 0 Å². The molecule has 0 saturated heterocycles. The van der Waals surface area contributed by atoms with Gasteiger partial charge in [0.05, 0.1) is 36.7 Å². The molecular formula is C28H37N5. The van der Waals surface area contributed by atoms with Gasteiger partial charge >= 0.3 is 0 Å². The molecule has 5 heteroatoms. The zero-order valence-electron chi connectivity index (χ0n) is 20.5. The number of nitrogens with zero attached hydrogens (tertiary/aromatic N) is 5. The van der Waals surface area contributed by atoms with Gasteiger partial charge in [-0.25, -0.2) is 0 Å². The third-order valence-electron chi connectivity index (χ3n) is 5.87. The molecule has 0 saturated carbocycles. The summed E-state index contributed by atoms with van der Waals surface area (Å²) < 4.78 is 0. The molecule has 0 atom stereocenters. The van der Waals surface area contributed by atoms with Crippen LogP contribution in [0.3, 0.4) is 0 Å². The molecule has 0 aliphatic rings.